The molecule has 1 aliphatic heterocycles. The van der Waals surface area contributed by atoms with E-state index < -0.39 is 6.10 Å². The number of hydrogen-bond donors (Lipinski definition) is 2. The van der Waals surface area contributed by atoms with Crippen LogP contribution in [0.25, 0.3) is 0 Å². The van der Waals surface area contributed by atoms with Gasteiger partial charge in [-0.3, -0.25) is 9.89 Å². The maximum atomic E-state index is 11.9. The van der Waals surface area contributed by atoms with Gasteiger partial charge in [-0.15, -0.1) is 0 Å². The molecule has 2 N–H and O–H groups in total. The second kappa shape index (κ2) is 5.07. The number of carbonyl (C=O) groups excluding carboxylic acids is 1. The van der Waals surface area contributed by atoms with Crippen molar-refractivity contribution in [2.75, 3.05) is 25.1 Å². The lowest BCUT2D eigenvalue weighted by Crippen LogP contribution is -2.39. The number of aromatic amines is 1. The van der Waals surface area contributed by atoms with Crippen LogP contribution < -0.4 is 5.32 Å². The fourth-order valence-electron chi connectivity index (χ4n) is 1.62. The molecule has 100 valence electrons. The number of nitrogens with one attached hydrogen (secondary N) is 2. The SMILES string of the molecule is CC(C)(C)c1cc(NC(=O)C2COCCO2)n[nH]1. The molecule has 2 heterocycles. The predicted octanol–water partition coefficient (Wildman–Crippen LogP) is 1.06. The third-order valence-corrected chi connectivity index (χ3v) is 2.75. The smallest absolute Gasteiger partial charge is 0.257 e. The predicted molar refractivity (Wildman–Crippen MR) is 66.5 cm³/mol. The van der Waals surface area contributed by atoms with Gasteiger partial charge in [0, 0.05) is 17.2 Å². The number of rotatable bonds is 2. The van der Waals surface area contributed by atoms with Crippen LogP contribution in [0.2, 0.25) is 0 Å². The summed E-state index contributed by atoms with van der Waals surface area (Å²) in [6.45, 7) is 7.51. The lowest BCUT2D eigenvalue weighted by atomic mass is 9.92. The van der Waals surface area contributed by atoms with Crippen molar-refractivity contribution in [2.24, 2.45) is 0 Å². The monoisotopic (exact) mass is 253 g/mol. The van der Waals surface area contributed by atoms with Crippen molar-refractivity contribution in [3.63, 3.8) is 0 Å². The molecule has 0 saturated carbocycles. The van der Waals surface area contributed by atoms with Crippen LogP contribution in [0, 0.1) is 0 Å². The zero-order valence-corrected chi connectivity index (χ0v) is 10.9. The molecule has 1 aromatic rings. The van der Waals surface area contributed by atoms with Gasteiger partial charge < -0.3 is 14.8 Å². The zero-order valence-electron chi connectivity index (χ0n) is 10.9. The summed E-state index contributed by atoms with van der Waals surface area (Å²) in [7, 11) is 0. The quantitative estimate of drug-likeness (QED) is 0.826. The molecule has 6 nitrogen and oxygen atoms in total. The molecule has 1 unspecified atom stereocenters. The molecule has 18 heavy (non-hydrogen) atoms. The van der Waals surface area contributed by atoms with Gasteiger partial charge in [0.05, 0.1) is 19.8 Å². The van der Waals surface area contributed by atoms with E-state index >= 15 is 0 Å². The Labute approximate surface area is 106 Å². The average Bonchev–Trinajstić information content (AvgIpc) is 2.78. The van der Waals surface area contributed by atoms with Crippen molar-refractivity contribution in [1.82, 2.24) is 10.2 Å². The topological polar surface area (TPSA) is 76.2 Å². The first-order valence-corrected chi connectivity index (χ1v) is 6.03. The van der Waals surface area contributed by atoms with Crippen LogP contribution in [-0.4, -0.2) is 42.0 Å². The zero-order chi connectivity index (χ0) is 13.2. The van der Waals surface area contributed by atoms with Gasteiger partial charge in [-0.1, -0.05) is 20.8 Å². The molecule has 1 aliphatic rings. The summed E-state index contributed by atoms with van der Waals surface area (Å²) in [4.78, 5) is 11.9. The third-order valence-electron chi connectivity index (χ3n) is 2.75. The minimum atomic E-state index is -0.548. The highest BCUT2D eigenvalue weighted by molar-refractivity contribution is 5.93. The summed E-state index contributed by atoms with van der Waals surface area (Å²) in [5.74, 6) is 0.292. The summed E-state index contributed by atoms with van der Waals surface area (Å²) in [6, 6.07) is 1.83. The van der Waals surface area contributed by atoms with Crippen LogP contribution in [-0.2, 0) is 19.7 Å². The van der Waals surface area contributed by atoms with Gasteiger partial charge in [0.2, 0.25) is 0 Å². The van der Waals surface area contributed by atoms with Gasteiger partial charge in [0.15, 0.2) is 11.9 Å². The van der Waals surface area contributed by atoms with E-state index in [1.807, 2.05) is 6.07 Å². The van der Waals surface area contributed by atoms with E-state index in [2.05, 4.69) is 36.3 Å². The number of anilines is 1. The molecular formula is C12H19N3O3. The van der Waals surface area contributed by atoms with Gasteiger partial charge in [-0.2, -0.15) is 5.10 Å². The van der Waals surface area contributed by atoms with E-state index in [-0.39, 0.29) is 11.3 Å². The van der Waals surface area contributed by atoms with Crippen molar-refractivity contribution in [3.8, 4) is 0 Å². The minimum Gasteiger partial charge on any atom is -0.376 e. The van der Waals surface area contributed by atoms with E-state index in [1.54, 1.807) is 0 Å². The van der Waals surface area contributed by atoms with Gasteiger partial charge in [-0.05, 0) is 0 Å². The highest BCUT2D eigenvalue weighted by Crippen LogP contribution is 2.22. The molecule has 1 atom stereocenters. The summed E-state index contributed by atoms with van der Waals surface area (Å²) >= 11 is 0. The van der Waals surface area contributed by atoms with Gasteiger partial charge >= 0.3 is 0 Å². The fraction of sp³-hybridized carbons (Fsp3) is 0.667. The molecule has 1 fully saturated rings. The average molecular weight is 253 g/mol. The Hall–Kier alpha value is -1.40. The van der Waals surface area contributed by atoms with Crippen molar-refractivity contribution in [1.29, 1.82) is 0 Å². The molecule has 1 aromatic heterocycles. The number of nitrogens with zero attached hydrogens (tertiary/aromatic N) is 1. The highest BCUT2D eigenvalue weighted by atomic mass is 16.6. The number of ether oxygens (including phenoxy) is 2. The van der Waals surface area contributed by atoms with Crippen LogP contribution in [0.5, 0.6) is 0 Å². The van der Waals surface area contributed by atoms with Gasteiger partial charge in [0.1, 0.15) is 0 Å². The van der Waals surface area contributed by atoms with Crippen molar-refractivity contribution in [3.05, 3.63) is 11.8 Å². The molecule has 0 spiro atoms. The Morgan fingerprint density at radius 2 is 2.28 bits per heavy atom. The molecule has 0 aromatic carbocycles. The second-order valence-corrected chi connectivity index (χ2v) is 5.34. The molecule has 1 saturated heterocycles. The van der Waals surface area contributed by atoms with Gasteiger partial charge in [-0.25, -0.2) is 0 Å². The highest BCUT2D eigenvalue weighted by Gasteiger charge is 2.24. The Morgan fingerprint density at radius 1 is 1.50 bits per heavy atom. The summed E-state index contributed by atoms with van der Waals surface area (Å²) in [6.07, 6.45) is -0.548. The van der Waals surface area contributed by atoms with E-state index in [0.29, 0.717) is 25.6 Å². The largest absolute Gasteiger partial charge is 0.376 e. The first-order chi connectivity index (χ1) is 8.47. The van der Waals surface area contributed by atoms with Crippen LogP contribution in [0.15, 0.2) is 6.07 Å². The van der Waals surface area contributed by atoms with E-state index in [0.717, 1.165) is 5.69 Å². The molecular weight excluding hydrogens is 234 g/mol. The number of aromatic nitrogens is 2. The molecule has 0 aliphatic carbocycles. The number of hydrogen-bond acceptors (Lipinski definition) is 4. The summed E-state index contributed by atoms with van der Waals surface area (Å²) < 4.78 is 10.5. The summed E-state index contributed by atoms with van der Waals surface area (Å²) in [5.41, 5.74) is 0.944. The van der Waals surface area contributed by atoms with Crippen LogP contribution in [0.1, 0.15) is 26.5 Å². The first kappa shape index (κ1) is 13.0. The first-order valence-electron chi connectivity index (χ1n) is 6.03. The van der Waals surface area contributed by atoms with E-state index in [1.165, 1.54) is 0 Å². The molecule has 6 heteroatoms. The third kappa shape index (κ3) is 3.08. The second-order valence-electron chi connectivity index (χ2n) is 5.34. The Bertz CT molecular complexity index is 416. The van der Waals surface area contributed by atoms with E-state index in [4.69, 9.17) is 9.47 Å². The lowest BCUT2D eigenvalue weighted by Gasteiger charge is -2.21. The number of amides is 1. The standard InChI is InChI=1S/C12H19N3O3/c1-12(2,3)9-6-10(15-14-9)13-11(16)8-7-17-4-5-18-8/h6,8H,4-5,7H2,1-3H3,(H2,13,14,15,16). The molecule has 0 radical (unpaired) electrons. The van der Waals surface area contributed by atoms with Crippen molar-refractivity contribution in [2.45, 2.75) is 32.3 Å². The Kier molecular flexibility index (Phi) is 3.68. The van der Waals surface area contributed by atoms with Crippen LogP contribution in [0.3, 0.4) is 0 Å². The van der Waals surface area contributed by atoms with Crippen LogP contribution in [0.4, 0.5) is 5.82 Å². The minimum absolute atomic E-state index is 0.0274. The normalized spacial score (nSPS) is 20.7. The lowest BCUT2D eigenvalue weighted by molar-refractivity contribution is -0.142. The molecule has 1 amide bonds. The van der Waals surface area contributed by atoms with Gasteiger partial charge in [0.25, 0.3) is 5.91 Å². The fourth-order valence-corrected chi connectivity index (χ4v) is 1.62. The molecule has 2 rings (SSSR count). The number of H-pyrrole nitrogens is 1. The maximum absolute atomic E-state index is 11.9. The maximum Gasteiger partial charge on any atom is 0.257 e. The van der Waals surface area contributed by atoms with Crippen molar-refractivity contribution < 1.29 is 14.3 Å². The number of carbonyl (C=O) groups is 1. The Balaban J connectivity index is 1.96. The Morgan fingerprint density at radius 3 is 2.83 bits per heavy atom. The van der Waals surface area contributed by atoms with Crippen molar-refractivity contribution >= 4 is 11.7 Å². The molecule has 0 bridgehead atoms. The van der Waals surface area contributed by atoms with E-state index in [9.17, 15) is 4.79 Å². The van der Waals surface area contributed by atoms with Crippen LogP contribution >= 0.6 is 0 Å². The summed E-state index contributed by atoms with van der Waals surface area (Å²) in [5, 5.41) is 9.70.